The van der Waals surface area contributed by atoms with Crippen LogP contribution < -0.4 is 4.74 Å². The summed E-state index contributed by atoms with van der Waals surface area (Å²) in [5, 5.41) is 0. The Hall–Kier alpha value is -3.78. The molecule has 234 valence electrons. The average molecular weight is 606 g/mol. The molecule has 1 amide bonds. The number of hydrogen-bond donors (Lipinski definition) is 0. The first kappa shape index (κ1) is 31.6. The van der Waals surface area contributed by atoms with Crippen molar-refractivity contribution in [3.8, 4) is 16.9 Å². The third kappa shape index (κ3) is 5.60. The molecule has 0 fully saturated rings. The minimum absolute atomic E-state index is 0.165. The van der Waals surface area contributed by atoms with E-state index in [-0.39, 0.29) is 36.4 Å². The molecule has 2 aliphatic rings. The van der Waals surface area contributed by atoms with Crippen molar-refractivity contribution in [2.45, 2.75) is 92.5 Å². The van der Waals surface area contributed by atoms with Crippen molar-refractivity contribution in [1.29, 1.82) is 0 Å². The maximum absolute atomic E-state index is 15.7. The largest absolute Gasteiger partial charge is 0.490 e. The molecular weight excluding hydrogens is 564 g/mol. The predicted octanol–water partition coefficient (Wildman–Crippen LogP) is 8.02. The van der Waals surface area contributed by atoms with Gasteiger partial charge < -0.3 is 19.1 Å². The van der Waals surface area contributed by atoms with Crippen molar-refractivity contribution in [2.24, 2.45) is 0 Å². The maximum atomic E-state index is 15.7. The lowest BCUT2D eigenvalue weighted by Crippen LogP contribution is -2.30. The molecule has 0 bridgehead atoms. The van der Waals surface area contributed by atoms with E-state index in [0.717, 1.165) is 39.8 Å². The van der Waals surface area contributed by atoms with E-state index in [4.69, 9.17) is 14.2 Å². The standard InChI is InChI=1S/C36H41F2NO5/c1-9-42-35(41)33(44-36(6,7)8)31-20(3)27-18-39(34(40)23-12-10-13-24(37)16-23)22(5)29(27)21(4)30(31)26-17-28(38)32-25(19(26)2)14-11-15-43-32/h10,12-13,16-17,22,33H,9,11,14-15,18H2,1-8H3/t22-,33+/m1/s1. The van der Waals surface area contributed by atoms with Gasteiger partial charge in [0.15, 0.2) is 17.7 Å². The van der Waals surface area contributed by atoms with Crippen molar-refractivity contribution < 1.29 is 32.6 Å². The molecule has 2 atom stereocenters. The van der Waals surface area contributed by atoms with Crippen LogP contribution in [0.2, 0.25) is 0 Å². The number of nitrogens with zero attached hydrogens (tertiary/aromatic N) is 1. The topological polar surface area (TPSA) is 65.1 Å². The molecule has 3 aromatic rings. The summed E-state index contributed by atoms with van der Waals surface area (Å²) in [6.07, 6.45) is 0.349. The van der Waals surface area contributed by atoms with Crippen molar-refractivity contribution in [3.63, 3.8) is 0 Å². The maximum Gasteiger partial charge on any atom is 0.339 e. The molecule has 0 radical (unpaired) electrons. The molecule has 6 nitrogen and oxygen atoms in total. The Balaban J connectivity index is 1.79. The van der Waals surface area contributed by atoms with E-state index < -0.39 is 29.3 Å². The molecular formula is C36H41F2NO5. The highest BCUT2D eigenvalue weighted by atomic mass is 19.1. The first-order chi connectivity index (χ1) is 20.7. The van der Waals surface area contributed by atoms with Crippen LogP contribution in [0.25, 0.3) is 11.1 Å². The van der Waals surface area contributed by atoms with Crippen molar-refractivity contribution in [2.75, 3.05) is 13.2 Å². The Morgan fingerprint density at radius 3 is 2.45 bits per heavy atom. The van der Waals surface area contributed by atoms with E-state index in [1.54, 1.807) is 17.9 Å². The fourth-order valence-electron chi connectivity index (χ4n) is 6.77. The monoisotopic (exact) mass is 605 g/mol. The molecule has 0 N–H and O–H groups in total. The van der Waals surface area contributed by atoms with Gasteiger partial charge in [0.2, 0.25) is 0 Å². The summed E-state index contributed by atoms with van der Waals surface area (Å²) in [6, 6.07) is 6.81. The second-order valence-electron chi connectivity index (χ2n) is 12.7. The fourth-order valence-corrected chi connectivity index (χ4v) is 6.77. The summed E-state index contributed by atoms with van der Waals surface area (Å²) in [4.78, 5) is 29.1. The van der Waals surface area contributed by atoms with Crippen LogP contribution >= 0.6 is 0 Å². The highest BCUT2D eigenvalue weighted by Gasteiger charge is 2.40. The molecule has 2 heterocycles. The molecule has 8 heteroatoms. The number of amides is 1. The van der Waals surface area contributed by atoms with Gasteiger partial charge >= 0.3 is 5.97 Å². The van der Waals surface area contributed by atoms with Gasteiger partial charge in [0.1, 0.15) is 5.82 Å². The van der Waals surface area contributed by atoms with E-state index in [2.05, 4.69) is 0 Å². The Bertz CT molecular complexity index is 1640. The second kappa shape index (κ2) is 12.0. The number of fused-ring (bicyclic) bond motifs is 2. The first-order valence-electron chi connectivity index (χ1n) is 15.3. The minimum Gasteiger partial charge on any atom is -0.490 e. The predicted molar refractivity (Wildman–Crippen MR) is 165 cm³/mol. The van der Waals surface area contributed by atoms with Gasteiger partial charge in [-0.05, 0) is 131 Å². The SMILES string of the molecule is CCOC(=O)[C@@H](OC(C)(C)C)c1c(C)c2c(c(C)c1-c1cc(F)c3c(c1C)CCCO3)[C@@H](C)N(C(=O)c1cccc(F)c1)C2. The number of esters is 1. The van der Waals surface area contributed by atoms with E-state index in [0.29, 0.717) is 29.7 Å². The molecule has 2 aliphatic heterocycles. The summed E-state index contributed by atoms with van der Waals surface area (Å²) in [6.45, 7) is 16.0. The van der Waals surface area contributed by atoms with E-state index >= 15 is 4.39 Å². The quantitative estimate of drug-likeness (QED) is 0.266. The van der Waals surface area contributed by atoms with Gasteiger partial charge in [-0.2, -0.15) is 0 Å². The lowest BCUT2D eigenvalue weighted by Gasteiger charge is -2.32. The van der Waals surface area contributed by atoms with Crippen LogP contribution in [0.15, 0.2) is 30.3 Å². The molecule has 5 rings (SSSR count). The zero-order chi connectivity index (χ0) is 32.1. The van der Waals surface area contributed by atoms with E-state index in [1.165, 1.54) is 24.3 Å². The number of rotatable bonds is 6. The van der Waals surface area contributed by atoms with Gasteiger partial charge in [-0.15, -0.1) is 0 Å². The number of halogens is 2. The smallest absolute Gasteiger partial charge is 0.339 e. The van der Waals surface area contributed by atoms with Crippen LogP contribution in [0, 0.1) is 32.4 Å². The van der Waals surface area contributed by atoms with Crippen molar-refractivity contribution in [3.05, 3.63) is 86.5 Å². The summed E-state index contributed by atoms with van der Waals surface area (Å²) >= 11 is 0. The first-order valence-corrected chi connectivity index (χ1v) is 15.3. The molecule has 44 heavy (non-hydrogen) atoms. The molecule has 3 aromatic carbocycles. The summed E-state index contributed by atoms with van der Waals surface area (Å²) in [7, 11) is 0. The Morgan fingerprint density at radius 2 is 1.80 bits per heavy atom. The summed E-state index contributed by atoms with van der Waals surface area (Å²) in [5.74, 6) is -1.49. The second-order valence-corrected chi connectivity index (χ2v) is 12.7. The van der Waals surface area contributed by atoms with Gasteiger partial charge in [-0.25, -0.2) is 13.6 Å². The zero-order valence-corrected chi connectivity index (χ0v) is 26.8. The Morgan fingerprint density at radius 1 is 1.07 bits per heavy atom. The Kier molecular flexibility index (Phi) is 8.60. The van der Waals surface area contributed by atoms with E-state index in [1.807, 2.05) is 48.5 Å². The number of benzene rings is 3. The van der Waals surface area contributed by atoms with Crippen LogP contribution in [0.4, 0.5) is 8.78 Å². The molecule has 0 saturated heterocycles. The molecule has 0 spiro atoms. The van der Waals surface area contributed by atoms with Crippen molar-refractivity contribution in [1.82, 2.24) is 4.90 Å². The van der Waals surface area contributed by atoms with Gasteiger partial charge in [-0.3, -0.25) is 4.79 Å². The highest BCUT2D eigenvalue weighted by molar-refractivity contribution is 5.95. The van der Waals surface area contributed by atoms with Crippen LogP contribution in [0.5, 0.6) is 5.75 Å². The summed E-state index contributed by atoms with van der Waals surface area (Å²) in [5.41, 5.74) is 6.60. The number of carbonyl (C=O) groups is 2. The average Bonchev–Trinajstić information content (AvgIpc) is 3.32. The fraction of sp³-hybridized carbons (Fsp3) is 0.444. The third-order valence-electron chi connectivity index (χ3n) is 8.72. The van der Waals surface area contributed by atoms with Gasteiger partial charge in [0.05, 0.1) is 24.9 Å². The highest BCUT2D eigenvalue weighted by Crippen LogP contribution is 2.49. The summed E-state index contributed by atoms with van der Waals surface area (Å²) < 4.78 is 47.5. The van der Waals surface area contributed by atoms with E-state index in [9.17, 15) is 14.0 Å². The molecule has 0 unspecified atom stereocenters. The van der Waals surface area contributed by atoms with Gasteiger partial charge in [-0.1, -0.05) is 6.07 Å². The minimum atomic E-state index is -1.10. The number of carbonyl (C=O) groups excluding carboxylic acids is 2. The molecule has 0 aromatic heterocycles. The lowest BCUT2D eigenvalue weighted by molar-refractivity contribution is -0.166. The number of hydrogen-bond acceptors (Lipinski definition) is 5. The van der Waals surface area contributed by atoms with Crippen LogP contribution in [0.1, 0.15) is 102 Å². The normalized spacial score (nSPS) is 16.7. The van der Waals surface area contributed by atoms with Crippen LogP contribution in [0.3, 0.4) is 0 Å². The molecule has 0 aliphatic carbocycles. The van der Waals surface area contributed by atoms with Crippen molar-refractivity contribution >= 4 is 11.9 Å². The zero-order valence-electron chi connectivity index (χ0n) is 26.8. The Labute approximate surface area is 258 Å². The number of ether oxygens (including phenoxy) is 3. The van der Waals surface area contributed by atoms with Crippen LogP contribution in [-0.2, 0) is 27.2 Å². The third-order valence-corrected chi connectivity index (χ3v) is 8.72. The lowest BCUT2D eigenvalue weighted by atomic mass is 9.80. The van der Waals surface area contributed by atoms with Crippen LogP contribution in [-0.4, -0.2) is 35.6 Å². The van der Waals surface area contributed by atoms with Gasteiger partial charge in [0.25, 0.3) is 5.91 Å². The molecule has 0 saturated carbocycles. The van der Waals surface area contributed by atoms with Gasteiger partial charge in [0, 0.05) is 23.2 Å².